The number of fused-ring (bicyclic) bond motifs is 2. The highest BCUT2D eigenvalue weighted by Crippen LogP contribution is 2.46. The molecule has 9 amide bonds. The Morgan fingerprint density at radius 3 is 1.31 bits per heavy atom. The number of carbonyl (C=O) groups excluding carboxylic acids is 13. The Bertz CT molecular complexity index is 3480. The highest BCUT2D eigenvalue weighted by Gasteiger charge is 2.55. The van der Waals surface area contributed by atoms with Crippen LogP contribution in [0.1, 0.15) is 256 Å². The summed E-state index contributed by atoms with van der Waals surface area (Å²) in [6.07, 6.45) is 17.1. The zero-order valence-corrected chi connectivity index (χ0v) is 67.8. The first-order valence-electron chi connectivity index (χ1n) is 40.1. The van der Waals surface area contributed by atoms with Gasteiger partial charge in [-0.3, -0.25) is 57.5 Å². The number of rotatable bonds is 32. The third-order valence-corrected chi connectivity index (χ3v) is 24.4. The summed E-state index contributed by atoms with van der Waals surface area (Å²) in [5, 5.41) is 20.0. The van der Waals surface area contributed by atoms with Crippen LogP contribution in [0, 0.1) is 63.6 Å². The lowest BCUT2D eigenvalue weighted by Gasteiger charge is -2.38. The molecule has 5 saturated carbocycles. The van der Waals surface area contributed by atoms with Crippen LogP contribution in [0.2, 0.25) is 0 Å². The number of sulfonamides is 1. The van der Waals surface area contributed by atoms with Crippen LogP contribution in [0.3, 0.4) is 0 Å². The predicted molar refractivity (Wildman–Crippen MR) is 409 cm³/mol. The average molecular weight is 1530 g/mol. The molecule has 15 atom stereocenters. The molecular formula is C81H128N10O16S. The number of nitrogens with zero attached hydrogens (tertiary/aromatic N) is 2. The van der Waals surface area contributed by atoms with Crippen molar-refractivity contribution in [1.29, 1.82) is 0 Å². The molecule has 2 aliphatic heterocycles. The highest BCUT2D eigenvalue weighted by atomic mass is 32.2. The Kier molecular flexibility index (Phi) is 31.5. The number of hydrogen-bond donors (Lipinski definition) is 8. The zero-order valence-electron chi connectivity index (χ0n) is 67.0. The summed E-state index contributed by atoms with van der Waals surface area (Å²) >= 11 is 0. The first kappa shape index (κ1) is 88.1. The largest absolute Gasteiger partial charge is 0.453 e. The smallest absolute Gasteiger partial charge is 0.407 e. The quantitative estimate of drug-likeness (QED) is 0.0315. The summed E-state index contributed by atoms with van der Waals surface area (Å²) in [6.45, 7) is 24.3. The fraction of sp³-hybridized carbons (Fsp3) is 0.765. The monoisotopic (exact) mass is 1530 g/mol. The molecule has 0 unspecified atom stereocenters. The maximum absolute atomic E-state index is 14.7. The molecule has 108 heavy (non-hydrogen) atoms. The number of ketones is 4. The molecule has 26 nitrogen and oxygen atoms in total. The number of benzene rings is 1. The number of nitrogens with one attached hydrogen (secondary N) is 8. The van der Waals surface area contributed by atoms with Crippen LogP contribution in [0.4, 0.5) is 4.79 Å². The molecule has 2 heterocycles. The van der Waals surface area contributed by atoms with Crippen molar-refractivity contribution in [3.8, 4) is 0 Å². The zero-order chi connectivity index (χ0) is 79.9. The molecule has 0 radical (unpaired) electrons. The van der Waals surface area contributed by atoms with Crippen LogP contribution in [0.5, 0.6) is 0 Å². The van der Waals surface area contributed by atoms with E-state index < -0.39 is 151 Å². The summed E-state index contributed by atoms with van der Waals surface area (Å²) in [4.78, 5) is 182. The summed E-state index contributed by atoms with van der Waals surface area (Å²) < 4.78 is 30.8. The lowest BCUT2D eigenvalue weighted by Crippen LogP contribution is -2.60. The van der Waals surface area contributed by atoms with Crippen molar-refractivity contribution >= 4 is 86.5 Å². The van der Waals surface area contributed by atoms with Gasteiger partial charge in [0.15, 0.2) is 11.6 Å². The SMILES string of the molecule is CCC[C@H](NC(=O)[C@@H]1[C@H]2CCC[C@H]2CN1C(=O)[C@@H](NC(=O)[C@@H](CC(=O)[C@@H](C)NS(C)(=O)=O)C1CCCCC1)C(C)(C)C)C(=O)C(=O)N[C@@H](C)c1ccccc1.CCC[C@H](NC(=O)[C@@H]1[C@H]2CCC[C@H]2CN1C(=O)[C@@H](NC(=O)[C@@H](CC(=O)[C@H](NC(=O)OC)C(C)(C)C)C1CCCCC1)C(C)(C)C)C(=O)C(=O)NC1CC1. The topological polar surface area (TPSA) is 368 Å². The van der Waals surface area contributed by atoms with Crippen LogP contribution in [-0.4, -0.2) is 176 Å². The van der Waals surface area contributed by atoms with E-state index in [4.69, 9.17) is 4.74 Å². The fourth-order valence-corrected chi connectivity index (χ4v) is 18.3. The van der Waals surface area contributed by atoms with Crippen molar-refractivity contribution in [2.75, 3.05) is 26.5 Å². The lowest BCUT2D eigenvalue weighted by molar-refractivity contribution is -0.146. The van der Waals surface area contributed by atoms with Gasteiger partial charge in [-0.05, 0) is 148 Å². The molecule has 8 rings (SSSR count). The molecule has 27 heteroatoms. The summed E-state index contributed by atoms with van der Waals surface area (Å²) in [5.41, 5.74) is -1.35. The van der Waals surface area contributed by atoms with E-state index >= 15 is 0 Å². The first-order valence-corrected chi connectivity index (χ1v) is 42.0. The standard InChI is InChI=1S/C41H63N5O8S.C40H65N5O8/c1-8-16-32(35(48)39(51)42-25(2)27-17-11-9-12-18-27)43-38(50)34-30-22-15-21-29(30)24-46(34)40(52)36(41(4,5)6)44-37(49)31(28-19-13-10-14-20-28)23-33(47)26(3)45-55(7,53)54;1-9-14-28(31(47)36(50)41-25-19-20-25)42-35(49)30-26-18-13-17-24(26)22-45(30)37(51)33(40(5,6)7)43-34(48)27(23-15-11-10-12-16-23)21-29(46)32(39(2,3)4)44-38(52)53-8/h9,11-12,17-18,25-26,28-32,34,36,45H,8,10,13-16,19-24H2,1-7H3,(H,42,51)(H,43,50)(H,44,49);23-28,30,32-33H,9-22H2,1-8H3,(H,41,50)(H,42,49)(H,43,48)(H,44,52)/t25-,26+,29-,30-,31-,32-,34-,36+;24-,26-,27-,28-,30-,32-,33+/m00/s1. The van der Waals surface area contributed by atoms with Crippen LogP contribution in [0.25, 0.3) is 0 Å². The molecule has 8 N–H and O–H groups in total. The molecule has 7 fully saturated rings. The number of carbonyl (C=O) groups is 13. The predicted octanol–water partition coefficient (Wildman–Crippen LogP) is 8.17. The maximum atomic E-state index is 14.7. The second-order valence-electron chi connectivity index (χ2n) is 35.4. The second kappa shape index (κ2) is 38.7. The third-order valence-electron chi connectivity index (χ3n) is 23.6. The Labute approximate surface area is 641 Å². The number of hydrogen-bond acceptors (Lipinski definition) is 16. The Balaban J connectivity index is 0.000000301. The fourth-order valence-electron chi connectivity index (χ4n) is 17.5. The lowest BCUT2D eigenvalue weighted by atomic mass is 9.74. The van der Waals surface area contributed by atoms with Crippen molar-refractivity contribution < 1.29 is 75.5 Å². The van der Waals surface area contributed by atoms with Gasteiger partial charge in [0.25, 0.3) is 11.8 Å². The Morgan fingerprint density at radius 2 is 0.917 bits per heavy atom. The Morgan fingerprint density at radius 1 is 0.500 bits per heavy atom. The number of alkyl carbamates (subject to hydrolysis) is 1. The van der Waals surface area contributed by atoms with Gasteiger partial charge >= 0.3 is 6.09 Å². The third kappa shape index (κ3) is 23.9. The summed E-state index contributed by atoms with van der Waals surface area (Å²) in [6, 6.07) is 1.08. The van der Waals surface area contributed by atoms with Crippen molar-refractivity contribution in [2.24, 2.45) is 63.6 Å². The minimum Gasteiger partial charge on any atom is -0.453 e. The maximum Gasteiger partial charge on any atom is 0.407 e. The summed E-state index contributed by atoms with van der Waals surface area (Å²) in [5.74, 6) is -7.87. The van der Waals surface area contributed by atoms with E-state index in [2.05, 4.69) is 41.9 Å². The van der Waals surface area contributed by atoms with Crippen molar-refractivity contribution in [1.82, 2.24) is 51.7 Å². The van der Waals surface area contributed by atoms with Crippen molar-refractivity contribution in [2.45, 2.75) is 305 Å². The van der Waals surface area contributed by atoms with Gasteiger partial charge < -0.3 is 51.8 Å². The number of Topliss-reactive ketones (excluding diaryl/α,β-unsaturated/α-hetero) is 4. The van der Waals surface area contributed by atoms with Gasteiger partial charge in [0.1, 0.15) is 24.2 Å². The van der Waals surface area contributed by atoms with E-state index in [0.29, 0.717) is 32.4 Å². The molecule has 1 aromatic rings. The van der Waals surface area contributed by atoms with Crippen LogP contribution >= 0.6 is 0 Å². The van der Waals surface area contributed by atoms with Gasteiger partial charge in [0.05, 0.1) is 43.6 Å². The van der Waals surface area contributed by atoms with E-state index in [0.717, 1.165) is 127 Å². The van der Waals surface area contributed by atoms with Crippen molar-refractivity contribution in [3.05, 3.63) is 35.9 Å². The molecule has 1 aromatic carbocycles. The van der Waals surface area contributed by atoms with Gasteiger partial charge in [-0.15, -0.1) is 0 Å². The van der Waals surface area contributed by atoms with Gasteiger partial charge in [0, 0.05) is 43.8 Å². The molecule has 0 spiro atoms. The van der Waals surface area contributed by atoms with E-state index in [1.54, 1.807) is 16.7 Å². The minimum atomic E-state index is -3.66. The van der Waals surface area contributed by atoms with E-state index in [1.807, 2.05) is 106 Å². The molecule has 604 valence electrons. The minimum absolute atomic E-state index is 0.00318. The molecule has 5 aliphatic carbocycles. The summed E-state index contributed by atoms with van der Waals surface area (Å²) in [7, 11) is -2.42. The first-order chi connectivity index (χ1) is 50.7. The highest BCUT2D eigenvalue weighted by molar-refractivity contribution is 7.88. The number of methoxy groups -OCH3 is 1. The molecule has 0 bridgehead atoms. The number of ether oxygens (including phenoxy) is 1. The van der Waals surface area contributed by atoms with Crippen LogP contribution < -0.4 is 41.9 Å². The van der Waals surface area contributed by atoms with E-state index in [-0.39, 0.29) is 78.4 Å². The van der Waals surface area contributed by atoms with Crippen LogP contribution in [-0.2, 0) is 72.3 Å². The van der Waals surface area contributed by atoms with Gasteiger partial charge in [-0.2, -0.15) is 0 Å². The molecular weight excluding hydrogens is 1400 g/mol. The molecule has 7 aliphatic rings. The Hall–Kier alpha value is -7.16. The second-order valence-corrected chi connectivity index (χ2v) is 37.2. The van der Waals surface area contributed by atoms with Gasteiger partial charge in [0.2, 0.25) is 57.0 Å². The average Bonchev–Trinajstić information content (AvgIpc) is 1.64. The normalized spacial score (nSPS) is 23.7. The van der Waals surface area contributed by atoms with Crippen LogP contribution in [0.15, 0.2) is 30.3 Å². The van der Waals surface area contributed by atoms with Gasteiger partial charge in [-0.1, -0.05) is 171 Å². The number of likely N-dealkylation sites (tertiary alicyclic amines) is 2. The molecule has 0 aromatic heterocycles. The van der Waals surface area contributed by atoms with Gasteiger partial charge in [-0.25, -0.2) is 17.9 Å². The molecule has 2 saturated heterocycles. The number of amides is 9. The van der Waals surface area contributed by atoms with Crippen molar-refractivity contribution in [3.63, 3.8) is 0 Å². The van der Waals surface area contributed by atoms with E-state index in [1.165, 1.54) is 14.0 Å². The van der Waals surface area contributed by atoms with E-state index in [9.17, 15) is 70.7 Å².